The van der Waals surface area contributed by atoms with Gasteiger partial charge in [-0.1, -0.05) is 25.1 Å². The highest BCUT2D eigenvalue weighted by Crippen LogP contribution is 2.32. The maximum atomic E-state index is 6.04. The lowest BCUT2D eigenvalue weighted by Gasteiger charge is -2.27. The van der Waals surface area contributed by atoms with Gasteiger partial charge in [-0.05, 0) is 37.8 Å². The van der Waals surface area contributed by atoms with Crippen LogP contribution in [0.4, 0.5) is 5.69 Å². The summed E-state index contributed by atoms with van der Waals surface area (Å²) in [7, 11) is 0. The van der Waals surface area contributed by atoms with E-state index in [4.69, 9.17) is 5.73 Å². The number of hydrogen-bond donors (Lipinski definition) is 1. The van der Waals surface area contributed by atoms with Crippen molar-refractivity contribution in [3.05, 3.63) is 29.8 Å². The fourth-order valence-corrected chi connectivity index (χ4v) is 2.77. The zero-order valence-corrected chi connectivity index (χ0v) is 10.5. The lowest BCUT2D eigenvalue weighted by atomic mass is 10.1. The molecule has 2 heteroatoms. The molecule has 0 aliphatic carbocycles. The molecule has 0 bridgehead atoms. The van der Waals surface area contributed by atoms with Crippen LogP contribution >= 0.6 is 0 Å². The van der Waals surface area contributed by atoms with Crippen molar-refractivity contribution in [1.82, 2.24) is 0 Å². The Morgan fingerprint density at radius 1 is 1.31 bits per heavy atom. The van der Waals surface area contributed by atoms with Gasteiger partial charge in [0.2, 0.25) is 0 Å². The van der Waals surface area contributed by atoms with Crippen molar-refractivity contribution < 1.29 is 0 Å². The second-order valence-corrected chi connectivity index (χ2v) is 5.19. The molecule has 88 valence electrons. The SMILES string of the molecule is CC1CC(C)N(c2ccccc2[C@H](C)N)C1. The van der Waals surface area contributed by atoms with E-state index in [1.54, 1.807) is 0 Å². The van der Waals surface area contributed by atoms with Gasteiger partial charge in [0, 0.05) is 24.3 Å². The molecule has 0 radical (unpaired) electrons. The van der Waals surface area contributed by atoms with Crippen LogP contribution in [0, 0.1) is 5.92 Å². The number of hydrogen-bond acceptors (Lipinski definition) is 2. The van der Waals surface area contributed by atoms with Crippen LogP contribution in [0.2, 0.25) is 0 Å². The van der Waals surface area contributed by atoms with Crippen molar-refractivity contribution in [1.29, 1.82) is 0 Å². The molecule has 1 saturated heterocycles. The van der Waals surface area contributed by atoms with Gasteiger partial charge in [-0.15, -0.1) is 0 Å². The number of rotatable bonds is 2. The van der Waals surface area contributed by atoms with E-state index in [0.29, 0.717) is 6.04 Å². The van der Waals surface area contributed by atoms with E-state index in [9.17, 15) is 0 Å². The Hall–Kier alpha value is -1.02. The molecule has 2 rings (SSSR count). The molecule has 3 atom stereocenters. The van der Waals surface area contributed by atoms with E-state index in [-0.39, 0.29) is 6.04 Å². The minimum atomic E-state index is 0.110. The molecule has 1 aliphatic heterocycles. The lowest BCUT2D eigenvalue weighted by molar-refractivity contribution is 0.625. The van der Waals surface area contributed by atoms with Crippen LogP contribution in [0.1, 0.15) is 38.8 Å². The molecule has 0 amide bonds. The molecule has 1 aromatic carbocycles. The molecule has 1 fully saturated rings. The number of benzene rings is 1. The van der Waals surface area contributed by atoms with Crippen LogP contribution in [0.5, 0.6) is 0 Å². The minimum absolute atomic E-state index is 0.110. The first-order chi connectivity index (χ1) is 7.59. The first kappa shape index (κ1) is 11.5. The largest absolute Gasteiger partial charge is 0.368 e. The number of nitrogens with zero attached hydrogens (tertiary/aromatic N) is 1. The fourth-order valence-electron chi connectivity index (χ4n) is 2.77. The third kappa shape index (κ3) is 2.07. The molecule has 1 aliphatic rings. The molecule has 2 nitrogen and oxygen atoms in total. The van der Waals surface area contributed by atoms with E-state index in [0.717, 1.165) is 12.5 Å². The summed E-state index contributed by atoms with van der Waals surface area (Å²) in [5, 5.41) is 0. The highest BCUT2D eigenvalue weighted by atomic mass is 15.2. The second kappa shape index (κ2) is 4.46. The first-order valence-corrected chi connectivity index (χ1v) is 6.20. The van der Waals surface area contributed by atoms with E-state index in [1.807, 2.05) is 0 Å². The second-order valence-electron chi connectivity index (χ2n) is 5.19. The smallest absolute Gasteiger partial charge is 0.0417 e. The molecule has 1 heterocycles. The van der Waals surface area contributed by atoms with Crippen LogP contribution < -0.4 is 10.6 Å². The summed E-state index contributed by atoms with van der Waals surface area (Å²) >= 11 is 0. The molecule has 0 aromatic heterocycles. The molecular weight excluding hydrogens is 196 g/mol. The summed E-state index contributed by atoms with van der Waals surface area (Å²) in [6, 6.07) is 9.28. The van der Waals surface area contributed by atoms with Gasteiger partial charge in [0.1, 0.15) is 0 Å². The highest BCUT2D eigenvalue weighted by Gasteiger charge is 2.27. The maximum Gasteiger partial charge on any atom is 0.0417 e. The van der Waals surface area contributed by atoms with Crippen LogP contribution in [0.15, 0.2) is 24.3 Å². The average molecular weight is 218 g/mol. The maximum absolute atomic E-state index is 6.04. The monoisotopic (exact) mass is 218 g/mol. The predicted molar refractivity (Wildman–Crippen MR) is 69.6 cm³/mol. The summed E-state index contributed by atoms with van der Waals surface area (Å²) in [6.07, 6.45) is 1.29. The molecule has 0 spiro atoms. The van der Waals surface area contributed by atoms with E-state index < -0.39 is 0 Å². The van der Waals surface area contributed by atoms with Crippen molar-refractivity contribution >= 4 is 5.69 Å². The van der Waals surface area contributed by atoms with Crippen LogP contribution in [-0.2, 0) is 0 Å². The Bertz CT molecular complexity index is 360. The van der Waals surface area contributed by atoms with Gasteiger partial charge in [0.25, 0.3) is 0 Å². The summed E-state index contributed by atoms with van der Waals surface area (Å²) in [6.45, 7) is 7.85. The molecular formula is C14H22N2. The third-order valence-electron chi connectivity index (χ3n) is 3.52. The Labute approximate surface area is 98.4 Å². The van der Waals surface area contributed by atoms with Crippen LogP contribution in [0.3, 0.4) is 0 Å². The van der Waals surface area contributed by atoms with E-state index in [2.05, 4.69) is 49.9 Å². The van der Waals surface area contributed by atoms with Crippen molar-refractivity contribution in [2.24, 2.45) is 11.7 Å². The summed E-state index contributed by atoms with van der Waals surface area (Å²) in [5.74, 6) is 0.788. The van der Waals surface area contributed by atoms with E-state index in [1.165, 1.54) is 17.7 Å². The van der Waals surface area contributed by atoms with Gasteiger partial charge in [-0.2, -0.15) is 0 Å². The standard InChI is InChI=1S/C14H22N2/c1-10-8-11(2)16(9-10)14-7-5-4-6-13(14)12(3)15/h4-7,10-12H,8-9,15H2,1-3H3/t10?,11?,12-/m0/s1. The first-order valence-electron chi connectivity index (χ1n) is 6.20. The van der Waals surface area contributed by atoms with Crippen LogP contribution in [-0.4, -0.2) is 12.6 Å². The molecule has 0 saturated carbocycles. The van der Waals surface area contributed by atoms with Gasteiger partial charge in [-0.25, -0.2) is 0 Å². The number of anilines is 1. The predicted octanol–water partition coefficient (Wildman–Crippen LogP) is 2.94. The summed E-state index contributed by atoms with van der Waals surface area (Å²) < 4.78 is 0. The van der Waals surface area contributed by atoms with E-state index >= 15 is 0 Å². The van der Waals surface area contributed by atoms with Gasteiger partial charge >= 0.3 is 0 Å². The van der Waals surface area contributed by atoms with Gasteiger partial charge < -0.3 is 10.6 Å². The van der Waals surface area contributed by atoms with Gasteiger partial charge in [0.05, 0.1) is 0 Å². The minimum Gasteiger partial charge on any atom is -0.368 e. The average Bonchev–Trinajstić information content (AvgIpc) is 2.57. The van der Waals surface area contributed by atoms with Crippen molar-refractivity contribution in [3.8, 4) is 0 Å². The van der Waals surface area contributed by atoms with Crippen molar-refractivity contribution in [2.75, 3.05) is 11.4 Å². The van der Waals surface area contributed by atoms with Gasteiger partial charge in [0.15, 0.2) is 0 Å². The molecule has 2 unspecified atom stereocenters. The normalized spacial score (nSPS) is 27.1. The zero-order chi connectivity index (χ0) is 11.7. The number of para-hydroxylation sites is 1. The van der Waals surface area contributed by atoms with Crippen LogP contribution in [0.25, 0.3) is 0 Å². The highest BCUT2D eigenvalue weighted by molar-refractivity contribution is 5.56. The summed E-state index contributed by atoms with van der Waals surface area (Å²) in [4.78, 5) is 2.50. The zero-order valence-electron chi connectivity index (χ0n) is 10.5. The fraction of sp³-hybridized carbons (Fsp3) is 0.571. The van der Waals surface area contributed by atoms with Crippen molar-refractivity contribution in [3.63, 3.8) is 0 Å². The molecule has 1 aromatic rings. The van der Waals surface area contributed by atoms with Gasteiger partial charge in [-0.3, -0.25) is 0 Å². The Kier molecular flexibility index (Phi) is 3.20. The van der Waals surface area contributed by atoms with Crippen molar-refractivity contribution in [2.45, 2.75) is 39.3 Å². The quantitative estimate of drug-likeness (QED) is 0.827. The summed E-state index contributed by atoms with van der Waals surface area (Å²) in [5.41, 5.74) is 8.63. The Morgan fingerprint density at radius 3 is 2.56 bits per heavy atom. The Balaban J connectivity index is 2.33. The Morgan fingerprint density at radius 2 is 2.00 bits per heavy atom. The lowest BCUT2D eigenvalue weighted by Crippen LogP contribution is -2.28. The molecule has 16 heavy (non-hydrogen) atoms. The topological polar surface area (TPSA) is 29.3 Å². The number of nitrogens with two attached hydrogens (primary N) is 1. The molecule has 2 N–H and O–H groups in total. The third-order valence-corrected chi connectivity index (χ3v) is 3.52.